The maximum atomic E-state index is 15.0. The number of carbonyl (C=O) groups excluding carboxylic acids is 6. The van der Waals surface area contributed by atoms with Crippen molar-refractivity contribution in [1.82, 2.24) is 30.5 Å². The summed E-state index contributed by atoms with van der Waals surface area (Å²) in [5.74, 6) is -2.06. The number of fused-ring (bicyclic) bond motifs is 2. The van der Waals surface area contributed by atoms with Gasteiger partial charge in [0, 0.05) is 19.5 Å². The first-order chi connectivity index (χ1) is 30.0. The molecule has 5 fully saturated rings. The Morgan fingerprint density at radius 3 is 2.08 bits per heavy atom. The highest BCUT2D eigenvalue weighted by Crippen LogP contribution is 2.47. The molecule has 6 atom stereocenters. The van der Waals surface area contributed by atoms with Gasteiger partial charge < -0.3 is 39.8 Å². The van der Waals surface area contributed by atoms with Crippen LogP contribution in [0.2, 0.25) is 0 Å². The number of nitrogens with zero attached hydrogens (tertiary/aromatic N) is 2. The lowest BCUT2D eigenvalue weighted by molar-refractivity contribution is -0.145. The molecule has 8 rings (SSSR count). The smallest absolute Gasteiger partial charge is 0.410 e. The van der Waals surface area contributed by atoms with Gasteiger partial charge in [0.15, 0.2) is 11.5 Å². The average molecular weight is 899 g/mol. The van der Waals surface area contributed by atoms with Gasteiger partial charge >= 0.3 is 12.2 Å². The van der Waals surface area contributed by atoms with Crippen LogP contribution in [0.25, 0.3) is 0 Å². The first-order valence-corrected chi connectivity index (χ1v) is 24.3. The highest BCUT2D eigenvalue weighted by Gasteiger charge is 2.62. The minimum atomic E-state index is -3.93. The fourth-order valence-electron chi connectivity index (χ4n) is 10.0. The zero-order valence-corrected chi connectivity index (χ0v) is 37.5. The predicted molar refractivity (Wildman–Crippen MR) is 225 cm³/mol. The Morgan fingerprint density at radius 1 is 0.857 bits per heavy atom. The molecule has 1 aromatic rings. The van der Waals surface area contributed by atoms with Crippen LogP contribution < -0.4 is 30.1 Å². The van der Waals surface area contributed by atoms with Crippen LogP contribution >= 0.6 is 0 Å². The zero-order valence-electron chi connectivity index (χ0n) is 36.7. The molecule has 6 amide bonds. The van der Waals surface area contributed by atoms with Gasteiger partial charge in [-0.05, 0) is 98.3 Å². The molecule has 0 unspecified atom stereocenters. The molecule has 7 aliphatic rings. The Balaban J connectivity index is 1.02. The Morgan fingerprint density at radius 2 is 1.49 bits per heavy atom. The van der Waals surface area contributed by atoms with E-state index in [0.717, 1.165) is 56.1 Å². The van der Waals surface area contributed by atoms with E-state index in [-0.39, 0.29) is 57.2 Å². The molecule has 3 heterocycles. The monoisotopic (exact) mass is 898 g/mol. The van der Waals surface area contributed by atoms with Crippen molar-refractivity contribution < 1.29 is 56.1 Å². The maximum absolute atomic E-state index is 15.0. The Hall–Kier alpha value is -4.81. The summed E-state index contributed by atoms with van der Waals surface area (Å²) >= 11 is 0. The van der Waals surface area contributed by atoms with Crippen molar-refractivity contribution >= 4 is 45.8 Å². The van der Waals surface area contributed by atoms with Crippen LogP contribution in [-0.2, 0) is 51.8 Å². The predicted octanol–water partition coefficient (Wildman–Crippen LogP) is 3.88. The van der Waals surface area contributed by atoms with E-state index in [0.29, 0.717) is 43.6 Å². The summed E-state index contributed by atoms with van der Waals surface area (Å²) in [7, 11) is -3.93. The van der Waals surface area contributed by atoms with Crippen LogP contribution in [0.3, 0.4) is 0 Å². The number of ether oxygens (including phenoxy) is 4. The number of sulfonamides is 1. The van der Waals surface area contributed by atoms with Crippen LogP contribution in [0.1, 0.15) is 129 Å². The summed E-state index contributed by atoms with van der Waals surface area (Å²) in [6.45, 7) is 7.58. The number of amides is 6. The van der Waals surface area contributed by atoms with Crippen molar-refractivity contribution in [2.75, 3.05) is 13.3 Å². The molecule has 1 saturated heterocycles. The highest BCUT2D eigenvalue weighted by molar-refractivity contribution is 7.91. The van der Waals surface area contributed by atoms with E-state index < -0.39 is 86.3 Å². The van der Waals surface area contributed by atoms with Gasteiger partial charge in [0.05, 0.1) is 11.8 Å². The summed E-state index contributed by atoms with van der Waals surface area (Å²) < 4.78 is 50.6. The molecule has 18 nitrogen and oxygen atoms in total. The van der Waals surface area contributed by atoms with Gasteiger partial charge in [0.2, 0.25) is 34.5 Å². The molecule has 3 aliphatic heterocycles. The van der Waals surface area contributed by atoms with Crippen molar-refractivity contribution in [3.8, 4) is 11.5 Å². The van der Waals surface area contributed by atoms with Crippen molar-refractivity contribution in [2.24, 2.45) is 17.3 Å². The number of likely N-dealkylation sites (tertiary alicyclic amines) is 1. The van der Waals surface area contributed by atoms with Gasteiger partial charge in [-0.3, -0.25) is 28.8 Å². The molecule has 0 spiro atoms. The number of hydrogen-bond donors (Lipinski definition) is 4. The third-order valence-corrected chi connectivity index (χ3v) is 15.8. The molecular weight excluding hydrogens is 837 g/mol. The van der Waals surface area contributed by atoms with Gasteiger partial charge in [0.25, 0.3) is 5.91 Å². The second kappa shape index (κ2) is 17.6. The number of rotatable bonds is 13. The first kappa shape index (κ1) is 44.8. The van der Waals surface area contributed by atoms with Gasteiger partial charge in [-0.2, -0.15) is 0 Å². The van der Waals surface area contributed by atoms with E-state index in [9.17, 15) is 32.4 Å². The standard InChI is InChI=1S/C44H62N6O12S/c1-5-28-20-44(28,40(54)48-63(57,58)31-15-16-31)47-37(51)32-19-30(62-42(56)49-21-26-17-33-34(60-24-59-33)18-27(26)22-49)23-50(32)39(53)36(43(2,3)4)46-38(52)35(25-11-7-6-8-12-25)45-41(55)61-29-13-9-10-14-29/h17-18,25,28-32,35-36H,5-16,19-24H2,1-4H3,(H,45,55)(H,46,52)(H,47,51)(H,48,54)/t28-,30+,32-,35-,36+,44-/m0/s1. The van der Waals surface area contributed by atoms with E-state index in [1.165, 1.54) is 9.80 Å². The van der Waals surface area contributed by atoms with Crippen molar-refractivity contribution in [3.63, 3.8) is 0 Å². The summed E-state index contributed by atoms with van der Waals surface area (Å²) in [6, 6.07) is 0.217. The van der Waals surface area contributed by atoms with E-state index in [1.807, 2.05) is 19.1 Å². The average Bonchev–Trinajstić information content (AvgIpc) is 3.91. The Bertz CT molecular complexity index is 2060. The molecule has 4 N–H and O–H groups in total. The second-order valence-electron chi connectivity index (χ2n) is 19.7. The minimum Gasteiger partial charge on any atom is -0.454 e. The van der Waals surface area contributed by atoms with Crippen LogP contribution in [0.15, 0.2) is 12.1 Å². The summed E-state index contributed by atoms with van der Waals surface area (Å²) in [5, 5.41) is 7.98. The molecule has 346 valence electrons. The molecular formula is C44H62N6O12S. The van der Waals surface area contributed by atoms with Crippen molar-refractivity contribution in [1.29, 1.82) is 0 Å². The van der Waals surface area contributed by atoms with E-state index in [2.05, 4.69) is 20.7 Å². The molecule has 4 saturated carbocycles. The molecule has 1 aromatic carbocycles. The number of hydrogen-bond acceptors (Lipinski definition) is 12. The van der Waals surface area contributed by atoms with Gasteiger partial charge in [0.1, 0.15) is 35.9 Å². The molecule has 19 heteroatoms. The fraction of sp³-hybridized carbons (Fsp3) is 0.727. The van der Waals surface area contributed by atoms with E-state index in [4.69, 9.17) is 18.9 Å². The summed E-state index contributed by atoms with van der Waals surface area (Å²) in [4.78, 5) is 87.4. The lowest BCUT2D eigenvalue weighted by atomic mass is 9.82. The Kier molecular flexibility index (Phi) is 12.5. The molecule has 0 bridgehead atoms. The van der Waals surface area contributed by atoms with Crippen LogP contribution in [0.5, 0.6) is 11.5 Å². The molecule has 0 aromatic heterocycles. The Labute approximate surface area is 368 Å². The topological polar surface area (TPSA) is 228 Å². The molecule has 63 heavy (non-hydrogen) atoms. The van der Waals surface area contributed by atoms with E-state index in [1.54, 1.807) is 20.8 Å². The van der Waals surface area contributed by atoms with Crippen LogP contribution in [0.4, 0.5) is 9.59 Å². The van der Waals surface area contributed by atoms with Crippen LogP contribution in [0, 0.1) is 17.3 Å². The fourth-order valence-corrected chi connectivity index (χ4v) is 11.4. The third kappa shape index (κ3) is 9.67. The number of nitrogens with one attached hydrogen (secondary N) is 4. The largest absolute Gasteiger partial charge is 0.454 e. The summed E-state index contributed by atoms with van der Waals surface area (Å²) in [6.07, 6.45) is 6.59. The zero-order chi connectivity index (χ0) is 44.8. The number of alkyl carbamates (subject to hydrolysis) is 1. The maximum Gasteiger partial charge on any atom is 0.410 e. The second-order valence-corrected chi connectivity index (χ2v) is 21.6. The first-order valence-electron chi connectivity index (χ1n) is 22.8. The quantitative estimate of drug-likeness (QED) is 0.221. The van der Waals surface area contributed by atoms with E-state index >= 15 is 4.79 Å². The minimum absolute atomic E-state index is 0.118. The highest BCUT2D eigenvalue weighted by atomic mass is 32.2. The van der Waals surface area contributed by atoms with Gasteiger partial charge in [-0.15, -0.1) is 0 Å². The molecule has 4 aliphatic carbocycles. The number of carbonyl (C=O) groups is 6. The van der Waals surface area contributed by atoms with Gasteiger partial charge in [-0.1, -0.05) is 53.4 Å². The summed E-state index contributed by atoms with van der Waals surface area (Å²) in [5.41, 5.74) is -0.692. The van der Waals surface area contributed by atoms with Crippen molar-refractivity contribution in [2.45, 2.75) is 172 Å². The van der Waals surface area contributed by atoms with Gasteiger partial charge in [-0.25, -0.2) is 18.0 Å². The lowest BCUT2D eigenvalue weighted by Gasteiger charge is -2.37. The number of benzene rings is 1. The third-order valence-electron chi connectivity index (χ3n) is 14.0. The van der Waals surface area contributed by atoms with Crippen molar-refractivity contribution in [3.05, 3.63) is 23.3 Å². The normalized spacial score (nSPS) is 26.6. The SMILES string of the molecule is CC[C@H]1C[C@@]1(NC(=O)[C@@H]1C[C@@H](OC(=O)N2Cc3cc4c(cc3C2)OCO4)CN1C(=O)[C@@H](NC(=O)[C@@H](NC(=O)OC1CCCC1)C1CCCCC1)C(C)(C)C)C(=O)NS(=O)(=O)C1CC1. The van der Waals surface area contributed by atoms with Crippen LogP contribution in [-0.4, -0.2) is 108 Å². The molecule has 0 radical (unpaired) electrons. The lowest BCUT2D eigenvalue weighted by Crippen LogP contribution is -2.62.